The highest BCUT2D eigenvalue weighted by atomic mass is 16.2. The van der Waals surface area contributed by atoms with Gasteiger partial charge in [-0.15, -0.1) is 0 Å². The Balaban J connectivity index is 1.33. The fourth-order valence-electron chi connectivity index (χ4n) is 3.44. The van der Waals surface area contributed by atoms with Crippen molar-refractivity contribution in [2.75, 3.05) is 23.0 Å². The number of carbonyl (C=O) groups excluding carboxylic acids is 2. The van der Waals surface area contributed by atoms with E-state index in [9.17, 15) is 9.59 Å². The van der Waals surface area contributed by atoms with Crippen molar-refractivity contribution < 1.29 is 9.59 Å². The van der Waals surface area contributed by atoms with E-state index >= 15 is 0 Å². The van der Waals surface area contributed by atoms with Crippen LogP contribution < -0.4 is 16.0 Å². The van der Waals surface area contributed by atoms with Gasteiger partial charge in [0.2, 0.25) is 11.9 Å². The Labute approximate surface area is 205 Å². The lowest BCUT2D eigenvalue weighted by Crippen LogP contribution is -2.15. The van der Waals surface area contributed by atoms with Crippen LogP contribution in [0.1, 0.15) is 32.1 Å². The van der Waals surface area contributed by atoms with Crippen molar-refractivity contribution in [2.45, 2.75) is 0 Å². The number of imidazole rings is 2. The Bertz CT molecular complexity index is 1610. The van der Waals surface area contributed by atoms with Gasteiger partial charge in [0.25, 0.3) is 11.8 Å². The van der Waals surface area contributed by atoms with E-state index in [1.807, 2.05) is 31.3 Å². The lowest BCUT2D eigenvalue weighted by Gasteiger charge is -2.02. The number of rotatable bonds is 5. The summed E-state index contributed by atoms with van der Waals surface area (Å²) in [5.74, 6) is 5.70. The lowest BCUT2D eigenvalue weighted by atomic mass is 10.2. The van der Waals surface area contributed by atoms with Gasteiger partial charge in [-0.05, 0) is 54.5 Å². The molecule has 0 aliphatic carbocycles. The zero-order valence-electron chi connectivity index (χ0n) is 19.1. The smallest absolute Gasteiger partial charge is 0.276 e. The Kier molecular flexibility index (Phi) is 6.10. The van der Waals surface area contributed by atoms with Crippen molar-refractivity contribution in [3.05, 3.63) is 95.6 Å². The van der Waals surface area contributed by atoms with Crippen molar-refractivity contribution in [3.8, 4) is 11.8 Å². The molecule has 0 atom stereocenters. The first kappa shape index (κ1) is 22.4. The molecule has 0 saturated heterocycles. The summed E-state index contributed by atoms with van der Waals surface area (Å²) in [5, 5.41) is 8.43. The number of aromatic amines is 2. The molecule has 0 spiro atoms. The van der Waals surface area contributed by atoms with Crippen LogP contribution in [0.4, 0.5) is 17.6 Å². The Morgan fingerprint density at radius 1 is 0.861 bits per heavy atom. The number of amides is 2. The normalized spacial score (nSPS) is 10.4. The van der Waals surface area contributed by atoms with Crippen LogP contribution in [0.25, 0.3) is 11.0 Å². The molecule has 3 heterocycles. The minimum Gasteiger partial charge on any atom is -0.388 e. The van der Waals surface area contributed by atoms with Crippen LogP contribution >= 0.6 is 0 Å². The number of fused-ring (bicyclic) bond motifs is 1. The molecule has 0 saturated carbocycles. The molecular weight excluding hydrogens is 456 g/mol. The Morgan fingerprint density at radius 2 is 1.67 bits per heavy atom. The number of nitrogens with zero attached hydrogens (tertiary/aromatic N) is 3. The number of pyridine rings is 1. The van der Waals surface area contributed by atoms with Gasteiger partial charge in [-0.3, -0.25) is 20.2 Å². The van der Waals surface area contributed by atoms with E-state index in [4.69, 9.17) is 0 Å². The molecule has 36 heavy (non-hydrogen) atoms. The SMILES string of the molecule is CNc1ccc(C#Cc2cccc(C(=O)Nc3nc4c(C(=O)Nc5ncc[nH]5)cccc4[nH]3)n2)cc1. The predicted molar refractivity (Wildman–Crippen MR) is 137 cm³/mol. The fraction of sp³-hybridized carbons (Fsp3) is 0.0385. The number of para-hydroxylation sites is 1. The van der Waals surface area contributed by atoms with Crippen molar-refractivity contribution in [3.63, 3.8) is 0 Å². The van der Waals surface area contributed by atoms with Gasteiger partial charge in [0.05, 0.1) is 11.1 Å². The van der Waals surface area contributed by atoms with Gasteiger partial charge in [0.1, 0.15) is 16.9 Å². The van der Waals surface area contributed by atoms with E-state index in [-0.39, 0.29) is 17.5 Å². The first-order chi connectivity index (χ1) is 17.6. The van der Waals surface area contributed by atoms with Gasteiger partial charge in [0.15, 0.2) is 0 Å². The third kappa shape index (κ3) is 4.90. The van der Waals surface area contributed by atoms with Crippen molar-refractivity contribution in [1.29, 1.82) is 0 Å². The number of H-pyrrole nitrogens is 2. The number of hydrogen-bond acceptors (Lipinski definition) is 6. The van der Waals surface area contributed by atoms with Crippen LogP contribution in [0.2, 0.25) is 0 Å². The van der Waals surface area contributed by atoms with Crippen LogP contribution in [0.15, 0.2) is 73.1 Å². The van der Waals surface area contributed by atoms with Gasteiger partial charge in [-0.2, -0.15) is 0 Å². The van der Waals surface area contributed by atoms with Crippen LogP contribution in [0.5, 0.6) is 0 Å². The standard InChI is InChI=1S/C26H20N8O2/c1-27-17-11-8-16(9-12-17)10-13-18-4-2-7-21(30-18)24(36)34-26-31-20-6-3-5-19(22(20)32-26)23(35)33-25-28-14-15-29-25/h2-9,11-12,14-15,27H,1H3,(H2,28,29,33,35)(H2,31,32,34,36). The Morgan fingerprint density at radius 3 is 2.44 bits per heavy atom. The zero-order valence-corrected chi connectivity index (χ0v) is 19.1. The monoisotopic (exact) mass is 476 g/mol. The molecule has 0 unspecified atom stereocenters. The molecule has 2 amide bonds. The molecule has 0 fully saturated rings. The summed E-state index contributed by atoms with van der Waals surface area (Å²) in [4.78, 5) is 44.1. The molecule has 5 aromatic rings. The maximum Gasteiger partial charge on any atom is 0.276 e. The van der Waals surface area contributed by atoms with Crippen LogP contribution in [0.3, 0.4) is 0 Å². The molecule has 3 aromatic heterocycles. The molecule has 2 aromatic carbocycles. The summed E-state index contributed by atoms with van der Waals surface area (Å²) in [6.45, 7) is 0. The second-order valence-corrected chi connectivity index (χ2v) is 7.62. The number of benzene rings is 2. The molecular formula is C26H20N8O2. The number of aromatic nitrogens is 5. The number of anilines is 3. The van der Waals surface area contributed by atoms with Gasteiger partial charge >= 0.3 is 0 Å². The second kappa shape index (κ2) is 9.82. The maximum atomic E-state index is 12.8. The minimum absolute atomic E-state index is 0.184. The van der Waals surface area contributed by atoms with E-state index in [1.54, 1.807) is 42.6 Å². The van der Waals surface area contributed by atoms with E-state index in [2.05, 4.69) is 52.7 Å². The summed E-state index contributed by atoms with van der Waals surface area (Å²) in [6, 6.07) is 17.8. The summed E-state index contributed by atoms with van der Waals surface area (Å²) in [5.41, 5.74) is 3.81. The zero-order chi connectivity index (χ0) is 24.9. The van der Waals surface area contributed by atoms with Crippen molar-refractivity contribution in [1.82, 2.24) is 24.9 Å². The first-order valence-electron chi connectivity index (χ1n) is 11.0. The third-order valence-corrected chi connectivity index (χ3v) is 5.21. The van der Waals surface area contributed by atoms with Crippen molar-refractivity contribution >= 4 is 40.4 Å². The minimum atomic E-state index is -0.460. The van der Waals surface area contributed by atoms with Crippen LogP contribution in [-0.4, -0.2) is 43.8 Å². The van der Waals surface area contributed by atoms with Gasteiger partial charge in [0, 0.05) is 30.7 Å². The summed E-state index contributed by atoms with van der Waals surface area (Å²) in [7, 11) is 1.85. The van der Waals surface area contributed by atoms with Gasteiger partial charge < -0.3 is 15.3 Å². The third-order valence-electron chi connectivity index (χ3n) is 5.21. The molecule has 10 heteroatoms. The van der Waals surface area contributed by atoms with E-state index in [1.165, 1.54) is 6.20 Å². The number of hydrogen-bond donors (Lipinski definition) is 5. The van der Waals surface area contributed by atoms with Gasteiger partial charge in [-0.25, -0.2) is 15.0 Å². The van der Waals surface area contributed by atoms with Crippen molar-refractivity contribution in [2.24, 2.45) is 0 Å². The highest BCUT2D eigenvalue weighted by Gasteiger charge is 2.16. The number of carbonyl (C=O) groups is 2. The Hall–Kier alpha value is -5.43. The van der Waals surface area contributed by atoms with Gasteiger partial charge in [-0.1, -0.05) is 18.1 Å². The predicted octanol–water partition coefficient (Wildman–Crippen LogP) is 3.63. The summed E-state index contributed by atoms with van der Waals surface area (Å²) in [6.07, 6.45) is 3.14. The molecule has 0 bridgehead atoms. The van der Waals surface area contributed by atoms with E-state index in [0.717, 1.165) is 11.3 Å². The second-order valence-electron chi connectivity index (χ2n) is 7.62. The largest absolute Gasteiger partial charge is 0.388 e. The van der Waals surface area contributed by atoms with Crippen LogP contribution in [0, 0.1) is 11.8 Å². The lowest BCUT2D eigenvalue weighted by molar-refractivity contribution is 0.101. The quantitative estimate of drug-likeness (QED) is 0.245. The average molecular weight is 477 g/mol. The fourth-order valence-corrected chi connectivity index (χ4v) is 3.44. The first-order valence-corrected chi connectivity index (χ1v) is 11.0. The van der Waals surface area contributed by atoms with E-state index in [0.29, 0.717) is 28.2 Å². The average Bonchev–Trinajstić information content (AvgIpc) is 3.57. The molecule has 10 nitrogen and oxygen atoms in total. The molecule has 176 valence electrons. The van der Waals surface area contributed by atoms with Crippen LogP contribution in [-0.2, 0) is 0 Å². The molecule has 0 aliphatic heterocycles. The molecule has 0 radical (unpaired) electrons. The maximum absolute atomic E-state index is 12.8. The topological polar surface area (TPSA) is 140 Å². The highest BCUT2D eigenvalue weighted by Crippen LogP contribution is 2.20. The van der Waals surface area contributed by atoms with E-state index < -0.39 is 5.91 Å². The molecule has 0 aliphatic rings. The molecule has 5 rings (SSSR count). The summed E-state index contributed by atoms with van der Waals surface area (Å²) >= 11 is 0. The number of nitrogens with one attached hydrogen (secondary N) is 5. The highest BCUT2D eigenvalue weighted by molar-refractivity contribution is 6.11. The molecule has 5 N–H and O–H groups in total. The summed E-state index contributed by atoms with van der Waals surface area (Å²) < 4.78 is 0.